The number of hydrogen-bond acceptors (Lipinski definition) is 4. The van der Waals surface area contributed by atoms with Crippen LogP contribution in [0.3, 0.4) is 0 Å². The third-order valence-corrected chi connectivity index (χ3v) is 2.32. The molecule has 1 aromatic carbocycles. The molecule has 20 heavy (non-hydrogen) atoms. The Balaban J connectivity index is 2.40. The van der Waals surface area contributed by atoms with Gasteiger partial charge in [0.05, 0.1) is 6.61 Å². The van der Waals surface area contributed by atoms with Crippen LogP contribution in [0.2, 0.25) is 0 Å². The Labute approximate surface area is 118 Å². The van der Waals surface area contributed by atoms with E-state index in [-0.39, 0.29) is 18.5 Å². The van der Waals surface area contributed by atoms with Crippen LogP contribution in [0.5, 0.6) is 5.75 Å². The summed E-state index contributed by atoms with van der Waals surface area (Å²) in [6.45, 7) is 3.98. The molecule has 0 radical (unpaired) electrons. The van der Waals surface area contributed by atoms with Crippen LogP contribution in [0.15, 0.2) is 30.3 Å². The van der Waals surface area contributed by atoms with Crippen molar-refractivity contribution in [1.29, 1.82) is 0 Å². The minimum absolute atomic E-state index is 0.0580. The van der Waals surface area contributed by atoms with Crippen LogP contribution in [-0.2, 0) is 14.3 Å². The van der Waals surface area contributed by atoms with E-state index in [0.29, 0.717) is 18.9 Å². The molecule has 0 saturated carbocycles. The molecular weight excluding hydrogens is 258 g/mol. The van der Waals surface area contributed by atoms with Crippen molar-refractivity contribution >= 4 is 18.0 Å². The molecule has 0 heterocycles. The van der Waals surface area contributed by atoms with Crippen molar-refractivity contribution in [3.05, 3.63) is 35.9 Å². The van der Waals surface area contributed by atoms with E-state index in [1.165, 1.54) is 6.92 Å². The van der Waals surface area contributed by atoms with Gasteiger partial charge in [-0.25, -0.2) is 4.79 Å². The van der Waals surface area contributed by atoms with E-state index in [4.69, 9.17) is 9.47 Å². The summed E-state index contributed by atoms with van der Waals surface area (Å²) in [6, 6.07) is 7.28. The third-order valence-electron chi connectivity index (χ3n) is 2.32. The Morgan fingerprint density at radius 1 is 1.25 bits per heavy atom. The molecule has 1 aromatic rings. The second-order valence-electron chi connectivity index (χ2n) is 4.00. The van der Waals surface area contributed by atoms with Gasteiger partial charge in [-0.1, -0.05) is 24.3 Å². The fraction of sp³-hybridized carbons (Fsp3) is 0.333. The van der Waals surface area contributed by atoms with Crippen LogP contribution < -0.4 is 10.1 Å². The molecule has 0 aromatic heterocycles. The normalized spacial score (nSPS) is 10.3. The zero-order chi connectivity index (χ0) is 14.8. The Morgan fingerprint density at radius 3 is 2.55 bits per heavy atom. The van der Waals surface area contributed by atoms with Crippen LogP contribution in [0.4, 0.5) is 0 Å². The molecule has 0 saturated heterocycles. The van der Waals surface area contributed by atoms with Crippen molar-refractivity contribution in [2.45, 2.75) is 13.8 Å². The minimum atomic E-state index is -0.383. The molecule has 0 aliphatic carbocycles. The van der Waals surface area contributed by atoms with Gasteiger partial charge in [-0.05, 0) is 24.6 Å². The first-order valence-electron chi connectivity index (χ1n) is 6.41. The first kappa shape index (κ1) is 15.8. The maximum Gasteiger partial charge on any atom is 0.344 e. The SMILES string of the molecule is CCOC(=O)COc1ccc(C=CCNC(C)=O)cc1. The van der Waals surface area contributed by atoms with E-state index < -0.39 is 0 Å². The summed E-state index contributed by atoms with van der Waals surface area (Å²) in [5.41, 5.74) is 0.985. The van der Waals surface area contributed by atoms with Crippen LogP contribution in [-0.4, -0.2) is 31.6 Å². The molecule has 108 valence electrons. The minimum Gasteiger partial charge on any atom is -0.482 e. The first-order chi connectivity index (χ1) is 9.61. The largest absolute Gasteiger partial charge is 0.482 e. The molecule has 0 fully saturated rings. The van der Waals surface area contributed by atoms with Gasteiger partial charge >= 0.3 is 5.97 Å². The van der Waals surface area contributed by atoms with Gasteiger partial charge in [-0.15, -0.1) is 0 Å². The molecule has 1 rings (SSSR count). The second kappa shape index (κ2) is 8.74. The van der Waals surface area contributed by atoms with Gasteiger partial charge in [0.15, 0.2) is 6.61 Å². The lowest BCUT2D eigenvalue weighted by Crippen LogP contribution is -2.19. The predicted molar refractivity (Wildman–Crippen MR) is 76.3 cm³/mol. The molecular formula is C15H19NO4. The van der Waals surface area contributed by atoms with E-state index in [1.807, 2.05) is 24.3 Å². The van der Waals surface area contributed by atoms with E-state index in [1.54, 1.807) is 19.1 Å². The molecule has 0 aliphatic heterocycles. The smallest absolute Gasteiger partial charge is 0.344 e. The molecule has 1 amide bonds. The number of benzene rings is 1. The van der Waals surface area contributed by atoms with Gasteiger partial charge in [0.1, 0.15) is 5.75 Å². The van der Waals surface area contributed by atoms with Crippen molar-refractivity contribution in [2.24, 2.45) is 0 Å². The van der Waals surface area contributed by atoms with Crippen LogP contribution in [0, 0.1) is 0 Å². The van der Waals surface area contributed by atoms with E-state index in [0.717, 1.165) is 5.56 Å². The predicted octanol–water partition coefficient (Wildman–Crippen LogP) is 1.78. The highest BCUT2D eigenvalue weighted by molar-refractivity contribution is 5.73. The highest BCUT2D eigenvalue weighted by atomic mass is 16.6. The summed E-state index contributed by atoms with van der Waals surface area (Å²) >= 11 is 0. The molecule has 0 bridgehead atoms. The Hall–Kier alpha value is -2.30. The Bertz CT molecular complexity index is 465. The zero-order valence-corrected chi connectivity index (χ0v) is 11.7. The standard InChI is InChI=1S/C15H19NO4/c1-3-19-15(18)11-20-14-8-6-13(7-9-14)5-4-10-16-12(2)17/h4-9H,3,10-11H2,1-2H3,(H,16,17). The number of esters is 1. The molecule has 5 heteroatoms. The number of nitrogens with one attached hydrogen (secondary N) is 1. The number of rotatable bonds is 7. The molecule has 0 aliphatic rings. The Kier molecular flexibility index (Phi) is 6.89. The van der Waals surface area contributed by atoms with Crippen molar-refractivity contribution in [1.82, 2.24) is 5.32 Å². The number of hydrogen-bond donors (Lipinski definition) is 1. The zero-order valence-electron chi connectivity index (χ0n) is 11.7. The van der Waals surface area contributed by atoms with Gasteiger partial charge in [-0.3, -0.25) is 4.79 Å². The van der Waals surface area contributed by atoms with Crippen LogP contribution in [0.1, 0.15) is 19.4 Å². The lowest BCUT2D eigenvalue weighted by atomic mass is 10.2. The maximum atomic E-state index is 11.1. The second-order valence-corrected chi connectivity index (χ2v) is 4.00. The average molecular weight is 277 g/mol. The summed E-state index contributed by atoms with van der Waals surface area (Å²) in [5.74, 6) is 0.168. The summed E-state index contributed by atoms with van der Waals surface area (Å²) in [6.07, 6.45) is 3.75. The molecule has 0 atom stereocenters. The Morgan fingerprint density at radius 2 is 1.95 bits per heavy atom. The highest BCUT2D eigenvalue weighted by Gasteiger charge is 2.02. The molecule has 5 nitrogen and oxygen atoms in total. The van der Waals surface area contributed by atoms with Crippen molar-refractivity contribution < 1.29 is 19.1 Å². The monoisotopic (exact) mass is 277 g/mol. The van der Waals surface area contributed by atoms with Crippen LogP contribution in [0.25, 0.3) is 6.08 Å². The maximum absolute atomic E-state index is 11.1. The molecule has 0 spiro atoms. The fourth-order valence-corrected chi connectivity index (χ4v) is 1.42. The van der Waals surface area contributed by atoms with Gasteiger partial charge in [0.2, 0.25) is 5.91 Å². The number of amides is 1. The number of ether oxygens (including phenoxy) is 2. The summed E-state index contributed by atoms with van der Waals surface area (Å²) in [5, 5.41) is 2.67. The molecule has 1 N–H and O–H groups in total. The lowest BCUT2D eigenvalue weighted by molar-refractivity contribution is -0.145. The van der Waals surface area contributed by atoms with Crippen molar-refractivity contribution in [3.8, 4) is 5.75 Å². The summed E-state index contributed by atoms with van der Waals surface area (Å²) < 4.78 is 10.0. The summed E-state index contributed by atoms with van der Waals surface area (Å²) in [7, 11) is 0. The quantitative estimate of drug-likeness (QED) is 0.772. The van der Waals surface area contributed by atoms with Gasteiger partial charge in [0, 0.05) is 13.5 Å². The lowest BCUT2D eigenvalue weighted by Gasteiger charge is -2.05. The third kappa shape index (κ3) is 6.58. The van der Waals surface area contributed by atoms with Gasteiger partial charge < -0.3 is 14.8 Å². The summed E-state index contributed by atoms with van der Waals surface area (Å²) in [4.78, 5) is 21.8. The van der Waals surface area contributed by atoms with Crippen molar-refractivity contribution in [2.75, 3.05) is 19.8 Å². The fourth-order valence-electron chi connectivity index (χ4n) is 1.42. The molecule has 0 unspecified atom stereocenters. The topological polar surface area (TPSA) is 64.6 Å². The van der Waals surface area contributed by atoms with Gasteiger partial charge in [-0.2, -0.15) is 0 Å². The highest BCUT2D eigenvalue weighted by Crippen LogP contribution is 2.13. The van der Waals surface area contributed by atoms with E-state index >= 15 is 0 Å². The van der Waals surface area contributed by atoms with E-state index in [9.17, 15) is 9.59 Å². The first-order valence-corrected chi connectivity index (χ1v) is 6.41. The van der Waals surface area contributed by atoms with Crippen molar-refractivity contribution in [3.63, 3.8) is 0 Å². The average Bonchev–Trinajstić information content (AvgIpc) is 2.43. The van der Waals surface area contributed by atoms with Gasteiger partial charge in [0.25, 0.3) is 0 Å². The van der Waals surface area contributed by atoms with Crippen LogP contribution >= 0.6 is 0 Å². The van der Waals surface area contributed by atoms with E-state index in [2.05, 4.69) is 5.32 Å². The number of carbonyl (C=O) groups is 2. The number of carbonyl (C=O) groups excluding carboxylic acids is 2.